The number of rotatable bonds is 5. The summed E-state index contributed by atoms with van der Waals surface area (Å²) in [4.78, 5) is 0. The van der Waals surface area contributed by atoms with E-state index in [1.54, 1.807) is 0 Å². The highest BCUT2D eigenvalue weighted by molar-refractivity contribution is 4.63. The zero-order valence-corrected chi connectivity index (χ0v) is 8.65. The van der Waals surface area contributed by atoms with Gasteiger partial charge in [0.05, 0.1) is 0 Å². The van der Waals surface area contributed by atoms with Crippen molar-refractivity contribution in [2.24, 2.45) is 11.8 Å². The lowest BCUT2D eigenvalue weighted by Gasteiger charge is -2.17. The van der Waals surface area contributed by atoms with Crippen LogP contribution in [-0.4, -0.2) is 12.6 Å². The molecule has 1 N–H and O–H groups in total. The third kappa shape index (κ3) is 7.86. The molecule has 0 aliphatic heterocycles. The van der Waals surface area contributed by atoms with Crippen molar-refractivity contribution in [3.05, 3.63) is 0 Å². The molecular formula is C10H23N. The highest BCUT2D eigenvalue weighted by atomic mass is 14.9. The van der Waals surface area contributed by atoms with E-state index in [9.17, 15) is 0 Å². The molecule has 0 aromatic carbocycles. The number of nitrogens with one attached hydrogen (secondary N) is 1. The zero-order chi connectivity index (χ0) is 8.85. The van der Waals surface area contributed by atoms with Crippen LogP contribution in [0, 0.1) is 11.8 Å². The Kier molecular flexibility index (Phi) is 5.57. The summed E-state index contributed by atoms with van der Waals surface area (Å²) in [7, 11) is 0. The van der Waals surface area contributed by atoms with Gasteiger partial charge in [-0.25, -0.2) is 0 Å². The molecule has 0 aromatic heterocycles. The lowest BCUT2D eigenvalue weighted by molar-refractivity contribution is 0.417. The molecule has 0 saturated carbocycles. The molecule has 0 amide bonds. The van der Waals surface area contributed by atoms with Crippen LogP contribution in [0.4, 0.5) is 0 Å². The molecule has 0 saturated heterocycles. The van der Waals surface area contributed by atoms with Gasteiger partial charge in [-0.2, -0.15) is 0 Å². The largest absolute Gasteiger partial charge is 0.314 e. The first-order chi connectivity index (χ1) is 5.02. The molecule has 0 spiro atoms. The normalized spacial score (nSPS) is 14.5. The van der Waals surface area contributed by atoms with Gasteiger partial charge in [0, 0.05) is 6.04 Å². The second-order valence-corrected chi connectivity index (χ2v) is 4.33. The monoisotopic (exact) mass is 157 g/mol. The SMILES string of the molecule is CC(C)CN[C@@H](C)CC(C)C. The second kappa shape index (κ2) is 5.59. The molecule has 0 aliphatic carbocycles. The van der Waals surface area contributed by atoms with Crippen LogP contribution in [0.15, 0.2) is 0 Å². The fraction of sp³-hybridized carbons (Fsp3) is 1.00. The van der Waals surface area contributed by atoms with Gasteiger partial charge in [0.2, 0.25) is 0 Å². The molecule has 0 aliphatic rings. The van der Waals surface area contributed by atoms with Crippen molar-refractivity contribution in [3.8, 4) is 0 Å². The summed E-state index contributed by atoms with van der Waals surface area (Å²) >= 11 is 0. The van der Waals surface area contributed by atoms with E-state index in [1.807, 2.05) is 0 Å². The zero-order valence-electron chi connectivity index (χ0n) is 8.65. The Labute approximate surface area is 71.6 Å². The summed E-state index contributed by atoms with van der Waals surface area (Å²) in [5, 5.41) is 3.51. The fourth-order valence-electron chi connectivity index (χ4n) is 1.23. The van der Waals surface area contributed by atoms with Gasteiger partial charge in [0.1, 0.15) is 0 Å². The lowest BCUT2D eigenvalue weighted by atomic mass is 10.0. The summed E-state index contributed by atoms with van der Waals surface area (Å²) in [6.45, 7) is 12.4. The Balaban J connectivity index is 3.29. The standard InChI is InChI=1S/C10H23N/c1-8(2)6-10(5)11-7-9(3)4/h8-11H,6-7H2,1-5H3/t10-/m0/s1. The van der Waals surface area contributed by atoms with Gasteiger partial charge in [-0.1, -0.05) is 27.7 Å². The summed E-state index contributed by atoms with van der Waals surface area (Å²) in [5.74, 6) is 1.58. The van der Waals surface area contributed by atoms with Gasteiger partial charge in [0.15, 0.2) is 0 Å². The molecular weight excluding hydrogens is 134 g/mol. The highest BCUT2D eigenvalue weighted by Crippen LogP contribution is 2.03. The van der Waals surface area contributed by atoms with Crippen LogP contribution in [-0.2, 0) is 0 Å². The molecule has 0 heterocycles. The quantitative estimate of drug-likeness (QED) is 0.647. The smallest absolute Gasteiger partial charge is 0.00412 e. The van der Waals surface area contributed by atoms with Crippen molar-refractivity contribution in [2.75, 3.05) is 6.54 Å². The van der Waals surface area contributed by atoms with Gasteiger partial charge in [-0.05, 0) is 31.7 Å². The van der Waals surface area contributed by atoms with Crippen LogP contribution in [0.5, 0.6) is 0 Å². The first kappa shape index (κ1) is 11.0. The van der Waals surface area contributed by atoms with E-state index in [-0.39, 0.29) is 0 Å². The van der Waals surface area contributed by atoms with E-state index in [0.717, 1.165) is 18.4 Å². The van der Waals surface area contributed by atoms with Crippen LogP contribution >= 0.6 is 0 Å². The summed E-state index contributed by atoms with van der Waals surface area (Å²) in [5.41, 5.74) is 0. The second-order valence-electron chi connectivity index (χ2n) is 4.33. The minimum atomic E-state index is 0.678. The van der Waals surface area contributed by atoms with Crippen LogP contribution in [0.1, 0.15) is 41.0 Å². The van der Waals surface area contributed by atoms with Crippen molar-refractivity contribution in [1.82, 2.24) is 5.32 Å². The van der Waals surface area contributed by atoms with E-state index in [0.29, 0.717) is 6.04 Å². The molecule has 0 rings (SSSR count). The minimum absolute atomic E-state index is 0.678. The maximum absolute atomic E-state index is 3.51. The molecule has 1 atom stereocenters. The number of hydrogen-bond donors (Lipinski definition) is 1. The average molecular weight is 157 g/mol. The highest BCUT2D eigenvalue weighted by Gasteiger charge is 2.03. The Morgan fingerprint density at radius 1 is 0.909 bits per heavy atom. The predicted octanol–water partition coefficient (Wildman–Crippen LogP) is 2.67. The van der Waals surface area contributed by atoms with Gasteiger partial charge < -0.3 is 5.32 Å². The average Bonchev–Trinajstić information content (AvgIpc) is 1.82. The van der Waals surface area contributed by atoms with Crippen molar-refractivity contribution in [3.63, 3.8) is 0 Å². The van der Waals surface area contributed by atoms with Crippen molar-refractivity contribution < 1.29 is 0 Å². The van der Waals surface area contributed by atoms with Gasteiger partial charge >= 0.3 is 0 Å². The molecule has 0 aromatic rings. The molecule has 11 heavy (non-hydrogen) atoms. The molecule has 1 heteroatoms. The first-order valence-corrected chi connectivity index (χ1v) is 4.75. The summed E-state index contributed by atoms with van der Waals surface area (Å²) in [6, 6.07) is 0.678. The van der Waals surface area contributed by atoms with Gasteiger partial charge in [0.25, 0.3) is 0 Å². The molecule has 0 bridgehead atoms. The Hall–Kier alpha value is -0.0400. The van der Waals surface area contributed by atoms with Crippen molar-refractivity contribution >= 4 is 0 Å². The Morgan fingerprint density at radius 3 is 1.82 bits per heavy atom. The summed E-state index contributed by atoms with van der Waals surface area (Å²) < 4.78 is 0. The Bertz CT molecular complexity index is 86.9. The summed E-state index contributed by atoms with van der Waals surface area (Å²) in [6.07, 6.45) is 1.28. The molecule has 68 valence electrons. The van der Waals surface area contributed by atoms with Crippen molar-refractivity contribution in [2.45, 2.75) is 47.1 Å². The fourth-order valence-corrected chi connectivity index (χ4v) is 1.23. The van der Waals surface area contributed by atoms with Crippen LogP contribution in [0.3, 0.4) is 0 Å². The van der Waals surface area contributed by atoms with Gasteiger partial charge in [-0.3, -0.25) is 0 Å². The minimum Gasteiger partial charge on any atom is -0.314 e. The van der Waals surface area contributed by atoms with E-state index in [1.165, 1.54) is 6.42 Å². The molecule has 1 nitrogen and oxygen atoms in total. The lowest BCUT2D eigenvalue weighted by Crippen LogP contribution is -2.30. The predicted molar refractivity (Wildman–Crippen MR) is 51.8 cm³/mol. The van der Waals surface area contributed by atoms with E-state index in [4.69, 9.17) is 0 Å². The van der Waals surface area contributed by atoms with Crippen LogP contribution in [0.2, 0.25) is 0 Å². The molecule has 0 radical (unpaired) electrons. The molecule has 0 unspecified atom stereocenters. The van der Waals surface area contributed by atoms with Gasteiger partial charge in [-0.15, -0.1) is 0 Å². The van der Waals surface area contributed by atoms with Crippen molar-refractivity contribution in [1.29, 1.82) is 0 Å². The third-order valence-electron chi connectivity index (χ3n) is 1.70. The third-order valence-corrected chi connectivity index (χ3v) is 1.70. The van der Waals surface area contributed by atoms with Crippen LogP contribution < -0.4 is 5.32 Å². The topological polar surface area (TPSA) is 12.0 Å². The maximum atomic E-state index is 3.51. The molecule has 0 fully saturated rings. The Morgan fingerprint density at radius 2 is 1.45 bits per heavy atom. The first-order valence-electron chi connectivity index (χ1n) is 4.75. The van der Waals surface area contributed by atoms with Crippen LogP contribution in [0.25, 0.3) is 0 Å². The van der Waals surface area contributed by atoms with E-state index < -0.39 is 0 Å². The van der Waals surface area contributed by atoms with E-state index >= 15 is 0 Å². The number of hydrogen-bond acceptors (Lipinski definition) is 1. The van der Waals surface area contributed by atoms with E-state index in [2.05, 4.69) is 39.9 Å². The maximum Gasteiger partial charge on any atom is 0.00412 e.